The zero-order chi connectivity index (χ0) is 20.8. The van der Waals surface area contributed by atoms with Crippen LogP contribution in [-0.2, 0) is 4.79 Å². The summed E-state index contributed by atoms with van der Waals surface area (Å²) in [6, 6.07) is 5.14. The van der Waals surface area contributed by atoms with Crippen molar-refractivity contribution in [1.82, 2.24) is 15.2 Å². The summed E-state index contributed by atoms with van der Waals surface area (Å²) in [5.41, 5.74) is 0.778. The molecule has 1 aromatic carbocycles. The van der Waals surface area contributed by atoms with Gasteiger partial charge in [0.2, 0.25) is 11.7 Å². The van der Waals surface area contributed by atoms with Crippen LogP contribution >= 0.6 is 23.2 Å². The first kappa shape index (κ1) is 21.2. The zero-order valence-electron chi connectivity index (χ0n) is 15.6. The molecule has 0 saturated carbocycles. The number of aromatic amines is 1. The number of oxazole rings is 1. The Morgan fingerprint density at radius 1 is 1.21 bits per heavy atom. The number of hydrogen-bond donors (Lipinski definition) is 2. The second-order valence-electron chi connectivity index (χ2n) is 6.89. The lowest BCUT2D eigenvalue weighted by atomic mass is 9.93. The molecule has 0 radical (unpaired) electrons. The average Bonchev–Trinajstić information content (AvgIpc) is 3.12. The number of hydrogen-bond acceptors (Lipinski definition) is 4. The molecule has 1 fully saturated rings. The van der Waals surface area contributed by atoms with Crippen LogP contribution in [0.15, 0.2) is 39.7 Å². The summed E-state index contributed by atoms with van der Waals surface area (Å²) < 4.78 is 4.71. The minimum Gasteiger partial charge on any atom is -0.403 e. The lowest BCUT2D eigenvalue weighted by molar-refractivity contribution is -0.127. The lowest BCUT2D eigenvalue weighted by Gasteiger charge is -2.31. The van der Waals surface area contributed by atoms with Crippen molar-refractivity contribution in [3.8, 4) is 0 Å². The van der Waals surface area contributed by atoms with Crippen LogP contribution in [0.25, 0.3) is 6.08 Å². The van der Waals surface area contributed by atoms with E-state index in [1.165, 1.54) is 12.3 Å². The summed E-state index contributed by atoms with van der Waals surface area (Å²) in [6.45, 7) is 1.83. The highest BCUT2D eigenvalue weighted by molar-refractivity contribution is 6.34. The number of aromatic nitrogens is 1. The summed E-state index contributed by atoms with van der Waals surface area (Å²) in [5.74, 6) is -0.714. The minimum atomic E-state index is -0.653. The summed E-state index contributed by atoms with van der Waals surface area (Å²) >= 11 is 11.9. The molecule has 2 N–H and O–H groups in total. The molecule has 0 bridgehead atoms. The molecule has 2 amide bonds. The van der Waals surface area contributed by atoms with Crippen LogP contribution in [0.2, 0.25) is 10.0 Å². The molecule has 1 aliphatic rings. The molecular weight excluding hydrogens is 417 g/mol. The number of nitrogens with zero attached hydrogens (tertiary/aromatic N) is 1. The third-order valence-electron chi connectivity index (χ3n) is 4.82. The number of benzene rings is 1. The van der Waals surface area contributed by atoms with Crippen molar-refractivity contribution in [1.29, 1.82) is 0 Å². The van der Waals surface area contributed by atoms with E-state index in [1.54, 1.807) is 24.3 Å². The molecule has 29 heavy (non-hydrogen) atoms. The Labute approximate surface area is 177 Å². The number of halogens is 2. The Hall–Kier alpha value is -2.51. The average molecular weight is 438 g/mol. The Kier molecular flexibility index (Phi) is 7.17. The van der Waals surface area contributed by atoms with E-state index in [9.17, 15) is 14.4 Å². The fourth-order valence-electron chi connectivity index (χ4n) is 3.26. The van der Waals surface area contributed by atoms with Crippen LogP contribution < -0.4 is 11.1 Å². The molecule has 0 unspecified atom stereocenters. The standard InChI is InChI=1S/C20H21Cl2N3O4/c21-15-9-14(10-16(22)11-15)1-2-18(26)25-7-4-13(5-8-25)3-6-23-19(27)17-12-24-20(28)29-17/h1-2,9-13H,3-8H2,(H,23,27)(H,24,28). The van der Waals surface area contributed by atoms with E-state index in [0.29, 0.717) is 35.6 Å². The number of carbonyl (C=O) groups is 2. The highest BCUT2D eigenvalue weighted by atomic mass is 35.5. The van der Waals surface area contributed by atoms with Gasteiger partial charge in [0.1, 0.15) is 0 Å². The van der Waals surface area contributed by atoms with E-state index in [0.717, 1.165) is 24.8 Å². The number of rotatable bonds is 6. The largest absolute Gasteiger partial charge is 0.416 e. The number of carbonyl (C=O) groups excluding carboxylic acids is 2. The highest BCUT2D eigenvalue weighted by Gasteiger charge is 2.21. The van der Waals surface area contributed by atoms with Gasteiger partial charge in [-0.05, 0) is 55.0 Å². The maximum Gasteiger partial charge on any atom is 0.416 e. The van der Waals surface area contributed by atoms with Gasteiger partial charge in [-0.2, -0.15) is 0 Å². The Morgan fingerprint density at radius 2 is 1.90 bits per heavy atom. The van der Waals surface area contributed by atoms with Gasteiger partial charge >= 0.3 is 5.76 Å². The van der Waals surface area contributed by atoms with E-state index in [1.807, 2.05) is 4.90 Å². The monoisotopic (exact) mass is 437 g/mol. The highest BCUT2D eigenvalue weighted by Crippen LogP contribution is 2.22. The fraction of sp³-hybridized carbons (Fsp3) is 0.350. The first-order chi connectivity index (χ1) is 13.9. The second-order valence-corrected chi connectivity index (χ2v) is 7.76. The third-order valence-corrected chi connectivity index (χ3v) is 5.25. The predicted octanol–water partition coefficient (Wildman–Crippen LogP) is 3.35. The van der Waals surface area contributed by atoms with Crippen molar-refractivity contribution < 1.29 is 14.0 Å². The van der Waals surface area contributed by atoms with E-state index in [4.69, 9.17) is 27.6 Å². The van der Waals surface area contributed by atoms with E-state index in [2.05, 4.69) is 10.3 Å². The van der Waals surface area contributed by atoms with Gasteiger partial charge in [0.15, 0.2) is 0 Å². The van der Waals surface area contributed by atoms with Gasteiger partial charge in [-0.15, -0.1) is 0 Å². The minimum absolute atomic E-state index is 0.0248. The van der Waals surface area contributed by atoms with Crippen LogP contribution in [0.4, 0.5) is 0 Å². The van der Waals surface area contributed by atoms with Gasteiger partial charge in [-0.3, -0.25) is 14.6 Å². The summed E-state index contributed by atoms with van der Waals surface area (Å²) in [7, 11) is 0. The van der Waals surface area contributed by atoms with Crippen molar-refractivity contribution in [2.24, 2.45) is 5.92 Å². The van der Waals surface area contributed by atoms with Crippen molar-refractivity contribution in [3.05, 3.63) is 62.4 Å². The van der Waals surface area contributed by atoms with Crippen molar-refractivity contribution in [2.45, 2.75) is 19.3 Å². The number of likely N-dealkylation sites (tertiary alicyclic amines) is 1. The van der Waals surface area contributed by atoms with Crippen molar-refractivity contribution in [2.75, 3.05) is 19.6 Å². The van der Waals surface area contributed by atoms with Crippen LogP contribution in [0.5, 0.6) is 0 Å². The second kappa shape index (κ2) is 9.80. The van der Waals surface area contributed by atoms with Gasteiger partial charge in [0.05, 0.1) is 6.20 Å². The quantitative estimate of drug-likeness (QED) is 0.677. The molecular formula is C20H21Cl2N3O4. The maximum absolute atomic E-state index is 12.4. The smallest absolute Gasteiger partial charge is 0.403 e. The number of nitrogens with one attached hydrogen (secondary N) is 2. The predicted molar refractivity (Wildman–Crippen MR) is 111 cm³/mol. The van der Waals surface area contributed by atoms with E-state index in [-0.39, 0.29) is 11.7 Å². The van der Waals surface area contributed by atoms with Gasteiger partial charge in [0.25, 0.3) is 5.91 Å². The molecule has 1 aromatic heterocycles. The molecule has 0 aliphatic carbocycles. The Balaban J connectivity index is 1.40. The first-order valence-electron chi connectivity index (χ1n) is 9.30. The molecule has 1 saturated heterocycles. The van der Waals surface area contributed by atoms with Crippen LogP contribution in [0, 0.1) is 5.92 Å². The summed E-state index contributed by atoms with van der Waals surface area (Å²) in [6.07, 6.45) is 7.04. The summed E-state index contributed by atoms with van der Waals surface area (Å²) in [4.78, 5) is 39.2. The Morgan fingerprint density at radius 3 is 2.52 bits per heavy atom. The van der Waals surface area contributed by atoms with E-state index >= 15 is 0 Å². The normalized spacial score (nSPS) is 15.0. The first-order valence-corrected chi connectivity index (χ1v) is 10.1. The van der Waals surface area contributed by atoms with Gasteiger partial charge in [-0.25, -0.2) is 4.79 Å². The van der Waals surface area contributed by atoms with Crippen molar-refractivity contribution >= 4 is 41.1 Å². The molecule has 154 valence electrons. The molecule has 1 aliphatic heterocycles. The number of H-pyrrole nitrogens is 1. The molecule has 2 aromatic rings. The SMILES string of the molecule is O=C(NCCC1CCN(C(=O)C=Cc2cc(Cl)cc(Cl)c2)CC1)c1c[nH]c(=O)o1. The van der Waals surface area contributed by atoms with E-state index < -0.39 is 11.7 Å². The number of piperidine rings is 1. The van der Waals surface area contributed by atoms with Gasteiger partial charge in [-0.1, -0.05) is 23.2 Å². The molecule has 0 atom stereocenters. The number of amides is 2. The Bertz CT molecular complexity index is 938. The van der Waals surface area contributed by atoms with Crippen LogP contribution in [0.1, 0.15) is 35.4 Å². The topological polar surface area (TPSA) is 95.4 Å². The van der Waals surface area contributed by atoms with Crippen molar-refractivity contribution in [3.63, 3.8) is 0 Å². The lowest BCUT2D eigenvalue weighted by Crippen LogP contribution is -2.38. The fourth-order valence-corrected chi connectivity index (χ4v) is 3.80. The zero-order valence-corrected chi connectivity index (χ0v) is 17.1. The van der Waals surface area contributed by atoms with Gasteiger partial charge < -0.3 is 14.6 Å². The molecule has 7 nitrogen and oxygen atoms in total. The van der Waals surface area contributed by atoms with Crippen LogP contribution in [-0.4, -0.2) is 41.3 Å². The molecule has 2 heterocycles. The molecule has 9 heteroatoms. The van der Waals surface area contributed by atoms with Crippen LogP contribution in [0.3, 0.4) is 0 Å². The maximum atomic E-state index is 12.4. The van der Waals surface area contributed by atoms with Gasteiger partial charge in [0, 0.05) is 35.8 Å². The molecule has 0 spiro atoms. The third kappa shape index (κ3) is 6.24. The molecule has 3 rings (SSSR count). The summed E-state index contributed by atoms with van der Waals surface area (Å²) in [5, 5.41) is 3.78.